The van der Waals surface area contributed by atoms with E-state index in [1.54, 1.807) is 0 Å². The van der Waals surface area contributed by atoms with Gasteiger partial charge in [-0.3, -0.25) is 4.79 Å². The number of halogens is 4. The quantitative estimate of drug-likeness (QED) is 0.720. The van der Waals surface area contributed by atoms with Crippen molar-refractivity contribution in [2.75, 3.05) is 0 Å². The Kier molecular flexibility index (Phi) is 3.41. The Morgan fingerprint density at radius 2 is 2.13 bits per heavy atom. The second kappa shape index (κ2) is 4.39. The molecule has 0 saturated heterocycles. The number of dihydropyridines is 1. The van der Waals surface area contributed by atoms with E-state index in [1.165, 1.54) is 0 Å². The summed E-state index contributed by atoms with van der Waals surface area (Å²) in [5.74, 6) is 0. The van der Waals surface area contributed by atoms with Crippen molar-refractivity contribution in [2.24, 2.45) is 0 Å². The van der Waals surface area contributed by atoms with Crippen LogP contribution >= 0.6 is 11.6 Å². The molecule has 0 unspecified atom stereocenters. The van der Waals surface area contributed by atoms with Crippen LogP contribution in [0.4, 0.5) is 13.2 Å². The van der Waals surface area contributed by atoms with Crippen molar-refractivity contribution in [3.63, 3.8) is 0 Å². The summed E-state index contributed by atoms with van der Waals surface area (Å²) >= 11 is 5.55. The van der Waals surface area contributed by atoms with Gasteiger partial charge in [0.1, 0.15) is 0 Å². The molecule has 1 amide bonds. The number of hydrogen-bond acceptors (Lipinski definition) is 2. The maximum absolute atomic E-state index is 12.2. The maximum atomic E-state index is 12.2. The molecule has 3 nitrogen and oxygen atoms in total. The molecular formula is C8H6ClF3N2O. The molecule has 0 saturated carbocycles. The summed E-state index contributed by atoms with van der Waals surface area (Å²) < 4.78 is 36.6. The first kappa shape index (κ1) is 11.6. The Morgan fingerprint density at radius 1 is 1.47 bits per heavy atom. The molecule has 0 fully saturated rings. The molecule has 2 N–H and O–H groups in total. The van der Waals surface area contributed by atoms with Gasteiger partial charge in [-0.1, -0.05) is 11.6 Å². The number of allylic oxidation sites excluding steroid dienone is 3. The predicted molar refractivity (Wildman–Crippen MR) is 48.5 cm³/mol. The molecule has 0 bridgehead atoms. The summed E-state index contributed by atoms with van der Waals surface area (Å²) in [6, 6.07) is 0. The minimum absolute atomic E-state index is 0.126. The summed E-state index contributed by atoms with van der Waals surface area (Å²) in [7, 11) is 0. The maximum Gasteiger partial charge on any atom is 0.417 e. The first-order valence-electron chi connectivity index (χ1n) is 3.76. The minimum atomic E-state index is -4.45. The fraction of sp³-hybridized carbons (Fsp3) is 0.125. The second-order valence-corrected chi connectivity index (χ2v) is 2.98. The van der Waals surface area contributed by atoms with Gasteiger partial charge in [0.25, 0.3) is 0 Å². The van der Waals surface area contributed by atoms with Gasteiger partial charge in [0.2, 0.25) is 6.41 Å². The van der Waals surface area contributed by atoms with E-state index in [-0.39, 0.29) is 10.7 Å². The lowest BCUT2D eigenvalue weighted by atomic mass is 10.2. The van der Waals surface area contributed by atoms with Crippen LogP contribution in [0.1, 0.15) is 0 Å². The van der Waals surface area contributed by atoms with E-state index in [0.29, 0.717) is 6.41 Å². The summed E-state index contributed by atoms with van der Waals surface area (Å²) in [5, 5.41) is 4.35. The van der Waals surface area contributed by atoms with Crippen LogP contribution in [0.25, 0.3) is 0 Å². The molecule has 1 heterocycles. The Balaban J connectivity index is 2.85. The third-order valence-electron chi connectivity index (χ3n) is 1.55. The molecule has 1 rings (SSSR count). The van der Waals surface area contributed by atoms with Crippen LogP contribution in [-0.4, -0.2) is 12.6 Å². The van der Waals surface area contributed by atoms with E-state index in [2.05, 4.69) is 10.6 Å². The number of amides is 1. The van der Waals surface area contributed by atoms with Gasteiger partial charge in [-0.2, -0.15) is 13.2 Å². The Labute approximate surface area is 88.3 Å². The molecule has 7 heteroatoms. The number of hydrogen-bond donors (Lipinski definition) is 2. The van der Waals surface area contributed by atoms with Crippen LogP contribution in [0.15, 0.2) is 34.8 Å². The molecule has 1 aliphatic rings. The number of rotatable bonds is 2. The summed E-state index contributed by atoms with van der Waals surface area (Å²) in [6.45, 7) is 0. The van der Waals surface area contributed by atoms with E-state index in [1.807, 2.05) is 0 Å². The smallest absolute Gasteiger partial charge is 0.359 e. The van der Waals surface area contributed by atoms with Crippen LogP contribution < -0.4 is 10.6 Å². The molecule has 0 aromatic heterocycles. The zero-order valence-corrected chi connectivity index (χ0v) is 7.99. The van der Waals surface area contributed by atoms with Crippen molar-refractivity contribution in [3.05, 3.63) is 34.8 Å². The summed E-state index contributed by atoms with van der Waals surface area (Å²) in [5.41, 5.74) is -0.687. The molecule has 15 heavy (non-hydrogen) atoms. The Hall–Kier alpha value is -1.43. The topological polar surface area (TPSA) is 41.1 Å². The van der Waals surface area contributed by atoms with E-state index in [0.717, 1.165) is 18.5 Å². The Morgan fingerprint density at radius 3 is 2.60 bits per heavy atom. The monoisotopic (exact) mass is 238 g/mol. The van der Waals surface area contributed by atoms with Gasteiger partial charge in [0, 0.05) is 12.4 Å². The van der Waals surface area contributed by atoms with Gasteiger partial charge in [-0.15, -0.1) is 0 Å². The third-order valence-corrected chi connectivity index (χ3v) is 1.86. The lowest BCUT2D eigenvalue weighted by molar-refractivity contribution is -0.108. The van der Waals surface area contributed by atoms with E-state index in [9.17, 15) is 18.0 Å². The van der Waals surface area contributed by atoms with Crippen LogP contribution in [0.5, 0.6) is 0 Å². The zero-order valence-electron chi connectivity index (χ0n) is 7.23. The highest BCUT2D eigenvalue weighted by Crippen LogP contribution is 2.31. The fourth-order valence-corrected chi connectivity index (χ4v) is 1.10. The number of alkyl halides is 3. The van der Waals surface area contributed by atoms with Crippen molar-refractivity contribution in [3.8, 4) is 0 Å². The Bertz CT molecular complexity index is 357. The molecule has 1 aliphatic heterocycles. The minimum Gasteiger partial charge on any atom is -0.359 e. The van der Waals surface area contributed by atoms with Crippen molar-refractivity contribution in [1.82, 2.24) is 10.6 Å². The molecule has 82 valence electrons. The van der Waals surface area contributed by atoms with Crippen LogP contribution in [0.2, 0.25) is 0 Å². The molecule has 0 spiro atoms. The predicted octanol–water partition coefficient (Wildman–Crippen LogP) is 1.75. The highest BCUT2D eigenvalue weighted by molar-refractivity contribution is 6.32. The normalized spacial score (nSPS) is 19.1. The summed E-state index contributed by atoms with van der Waals surface area (Å²) in [6.07, 6.45) is -1.37. The van der Waals surface area contributed by atoms with Gasteiger partial charge in [0.05, 0.1) is 16.3 Å². The van der Waals surface area contributed by atoms with Crippen molar-refractivity contribution in [1.29, 1.82) is 0 Å². The zero-order chi connectivity index (χ0) is 11.5. The fourth-order valence-electron chi connectivity index (χ4n) is 0.872. The van der Waals surface area contributed by atoms with Gasteiger partial charge >= 0.3 is 6.18 Å². The molecule has 0 aromatic rings. The second-order valence-electron chi connectivity index (χ2n) is 2.58. The van der Waals surface area contributed by atoms with Crippen LogP contribution in [0.3, 0.4) is 0 Å². The highest BCUT2D eigenvalue weighted by Gasteiger charge is 2.33. The summed E-state index contributed by atoms with van der Waals surface area (Å²) in [4.78, 5) is 9.94. The van der Waals surface area contributed by atoms with Gasteiger partial charge < -0.3 is 10.6 Å². The van der Waals surface area contributed by atoms with E-state index < -0.39 is 11.7 Å². The van der Waals surface area contributed by atoms with Crippen molar-refractivity contribution in [2.45, 2.75) is 6.18 Å². The van der Waals surface area contributed by atoms with Crippen LogP contribution in [-0.2, 0) is 4.79 Å². The third kappa shape index (κ3) is 3.02. The van der Waals surface area contributed by atoms with Crippen molar-refractivity contribution < 1.29 is 18.0 Å². The number of carbonyl (C=O) groups excluding carboxylic acids is 1. The number of carbonyl (C=O) groups is 1. The SMILES string of the molecule is O=CN/C=C1\NC=C(C(F)(F)F)C=C1Cl. The first-order chi connectivity index (χ1) is 6.95. The molecule has 0 aromatic carbocycles. The van der Waals surface area contributed by atoms with Gasteiger partial charge in [-0.05, 0) is 6.08 Å². The average Bonchev–Trinajstić information content (AvgIpc) is 2.14. The number of nitrogens with one attached hydrogen (secondary N) is 2. The lowest BCUT2D eigenvalue weighted by Gasteiger charge is -2.16. The first-order valence-corrected chi connectivity index (χ1v) is 4.14. The highest BCUT2D eigenvalue weighted by atomic mass is 35.5. The average molecular weight is 239 g/mol. The lowest BCUT2D eigenvalue weighted by Crippen LogP contribution is -2.20. The van der Waals surface area contributed by atoms with E-state index in [4.69, 9.17) is 11.6 Å². The van der Waals surface area contributed by atoms with Crippen molar-refractivity contribution >= 4 is 18.0 Å². The van der Waals surface area contributed by atoms with Gasteiger partial charge in [-0.25, -0.2) is 0 Å². The van der Waals surface area contributed by atoms with Gasteiger partial charge in [0.15, 0.2) is 0 Å². The molecule has 0 radical (unpaired) electrons. The standard InChI is InChI=1S/C8H6ClF3N2O/c9-6-1-5(8(10,11)12)2-14-7(6)3-13-4-15/h1-4,14H,(H,13,15)/b7-3-. The molecule has 0 aliphatic carbocycles. The van der Waals surface area contributed by atoms with Crippen LogP contribution in [0, 0.1) is 0 Å². The molecular weight excluding hydrogens is 233 g/mol. The largest absolute Gasteiger partial charge is 0.417 e. The van der Waals surface area contributed by atoms with E-state index >= 15 is 0 Å². The molecule has 0 atom stereocenters.